The molecular formula is C22H26N2O4. The Kier molecular flexibility index (Phi) is 7.75. The summed E-state index contributed by atoms with van der Waals surface area (Å²) in [6.45, 7) is 4.88. The predicted molar refractivity (Wildman–Crippen MR) is 108 cm³/mol. The smallest absolute Gasteiger partial charge is 0.338 e. The van der Waals surface area contributed by atoms with E-state index in [0.29, 0.717) is 11.3 Å². The second-order valence-electron chi connectivity index (χ2n) is 6.74. The Labute approximate surface area is 165 Å². The molecule has 0 saturated carbocycles. The normalized spacial score (nSPS) is 12.5. The van der Waals surface area contributed by atoms with Crippen molar-refractivity contribution in [2.45, 2.75) is 45.8 Å². The molecule has 0 aromatic heterocycles. The number of ether oxygens (including phenoxy) is 1. The van der Waals surface area contributed by atoms with Crippen molar-refractivity contribution in [2.75, 3.05) is 5.32 Å². The first-order valence-corrected chi connectivity index (χ1v) is 9.28. The van der Waals surface area contributed by atoms with E-state index in [1.165, 1.54) is 12.5 Å². The summed E-state index contributed by atoms with van der Waals surface area (Å²) in [5.74, 6) is -1.11. The average Bonchev–Trinajstić information content (AvgIpc) is 2.67. The van der Waals surface area contributed by atoms with Crippen LogP contribution in [0.3, 0.4) is 0 Å². The summed E-state index contributed by atoms with van der Waals surface area (Å²) in [6, 6.07) is 16.3. The van der Waals surface area contributed by atoms with Crippen LogP contribution in [-0.4, -0.2) is 29.9 Å². The Bertz CT molecular complexity index is 803. The number of carbonyl (C=O) groups is 3. The van der Waals surface area contributed by atoms with Gasteiger partial charge in [0.2, 0.25) is 5.91 Å². The number of amides is 2. The summed E-state index contributed by atoms with van der Waals surface area (Å²) in [4.78, 5) is 35.5. The van der Waals surface area contributed by atoms with Gasteiger partial charge in [0.05, 0.1) is 5.56 Å². The molecule has 2 aromatic rings. The van der Waals surface area contributed by atoms with Crippen molar-refractivity contribution in [3.8, 4) is 0 Å². The van der Waals surface area contributed by atoms with Gasteiger partial charge in [-0.1, -0.05) is 30.3 Å². The van der Waals surface area contributed by atoms with Gasteiger partial charge in [-0.2, -0.15) is 0 Å². The van der Waals surface area contributed by atoms with Crippen molar-refractivity contribution in [3.63, 3.8) is 0 Å². The Balaban J connectivity index is 1.80. The number of aryl methyl sites for hydroxylation is 1. The summed E-state index contributed by atoms with van der Waals surface area (Å²) in [5, 5.41) is 5.49. The zero-order chi connectivity index (χ0) is 20.5. The van der Waals surface area contributed by atoms with Crippen LogP contribution >= 0.6 is 0 Å². The SMILES string of the molecule is CC(=O)Nc1ccc(C(=O)O[C@H](C)C(=O)N[C@@H](C)CCc2ccccc2)cc1. The zero-order valence-corrected chi connectivity index (χ0v) is 16.4. The maximum Gasteiger partial charge on any atom is 0.338 e. The standard InChI is InChI=1S/C22H26N2O4/c1-15(9-10-18-7-5-4-6-8-18)23-21(26)16(2)28-22(27)19-11-13-20(14-12-19)24-17(3)25/h4-8,11-16H,9-10H2,1-3H3,(H,23,26)(H,24,25)/t15-,16+/m0/s1. The number of hydrogen-bond acceptors (Lipinski definition) is 4. The Morgan fingerprint density at radius 2 is 1.61 bits per heavy atom. The van der Waals surface area contributed by atoms with Gasteiger partial charge in [-0.15, -0.1) is 0 Å². The molecule has 0 unspecified atom stereocenters. The number of rotatable bonds is 8. The van der Waals surface area contributed by atoms with Crippen LogP contribution in [0.25, 0.3) is 0 Å². The van der Waals surface area contributed by atoms with E-state index in [-0.39, 0.29) is 17.9 Å². The topological polar surface area (TPSA) is 84.5 Å². The molecule has 0 bridgehead atoms. The highest BCUT2D eigenvalue weighted by atomic mass is 16.5. The van der Waals surface area contributed by atoms with E-state index in [1.807, 2.05) is 25.1 Å². The van der Waals surface area contributed by atoms with Crippen molar-refractivity contribution < 1.29 is 19.1 Å². The van der Waals surface area contributed by atoms with Gasteiger partial charge >= 0.3 is 5.97 Å². The molecule has 0 saturated heterocycles. The summed E-state index contributed by atoms with van der Waals surface area (Å²) < 4.78 is 5.24. The first kappa shape index (κ1) is 21.2. The minimum atomic E-state index is -0.901. The van der Waals surface area contributed by atoms with E-state index in [2.05, 4.69) is 22.8 Å². The molecular weight excluding hydrogens is 356 g/mol. The van der Waals surface area contributed by atoms with E-state index >= 15 is 0 Å². The largest absolute Gasteiger partial charge is 0.449 e. The van der Waals surface area contributed by atoms with E-state index in [9.17, 15) is 14.4 Å². The number of hydrogen-bond donors (Lipinski definition) is 2. The molecule has 2 aromatic carbocycles. The minimum Gasteiger partial charge on any atom is -0.449 e. The lowest BCUT2D eigenvalue weighted by atomic mass is 10.1. The fraction of sp³-hybridized carbons (Fsp3) is 0.318. The first-order chi connectivity index (χ1) is 13.3. The molecule has 0 radical (unpaired) electrons. The Hall–Kier alpha value is -3.15. The van der Waals surface area contributed by atoms with Crippen molar-refractivity contribution in [2.24, 2.45) is 0 Å². The molecule has 0 heterocycles. The molecule has 148 valence electrons. The average molecular weight is 382 g/mol. The van der Waals surface area contributed by atoms with Crippen molar-refractivity contribution in [1.82, 2.24) is 5.32 Å². The summed E-state index contributed by atoms with van der Waals surface area (Å²) in [7, 11) is 0. The van der Waals surface area contributed by atoms with E-state index in [4.69, 9.17) is 4.74 Å². The molecule has 0 aliphatic heterocycles. The molecule has 28 heavy (non-hydrogen) atoms. The lowest BCUT2D eigenvalue weighted by Gasteiger charge is -2.18. The van der Waals surface area contributed by atoms with Crippen molar-refractivity contribution in [1.29, 1.82) is 0 Å². The highest BCUT2D eigenvalue weighted by Gasteiger charge is 2.20. The van der Waals surface area contributed by atoms with Crippen LogP contribution in [0, 0.1) is 0 Å². The van der Waals surface area contributed by atoms with Crippen LogP contribution in [0.4, 0.5) is 5.69 Å². The van der Waals surface area contributed by atoms with Crippen LogP contribution in [0.15, 0.2) is 54.6 Å². The number of benzene rings is 2. The van der Waals surface area contributed by atoms with E-state index < -0.39 is 12.1 Å². The summed E-state index contributed by atoms with van der Waals surface area (Å²) in [5.41, 5.74) is 2.11. The molecule has 0 fully saturated rings. The fourth-order valence-corrected chi connectivity index (χ4v) is 2.64. The quantitative estimate of drug-likeness (QED) is 0.686. The van der Waals surface area contributed by atoms with Crippen molar-refractivity contribution >= 4 is 23.5 Å². The first-order valence-electron chi connectivity index (χ1n) is 9.28. The lowest BCUT2D eigenvalue weighted by molar-refractivity contribution is -0.129. The van der Waals surface area contributed by atoms with E-state index in [1.54, 1.807) is 31.2 Å². The highest BCUT2D eigenvalue weighted by Crippen LogP contribution is 2.12. The number of anilines is 1. The molecule has 6 nitrogen and oxygen atoms in total. The van der Waals surface area contributed by atoms with Crippen LogP contribution in [0.1, 0.15) is 43.1 Å². The molecule has 2 atom stereocenters. The Morgan fingerprint density at radius 3 is 2.21 bits per heavy atom. The second kappa shape index (κ2) is 10.3. The second-order valence-corrected chi connectivity index (χ2v) is 6.74. The van der Waals surface area contributed by atoms with Crippen LogP contribution < -0.4 is 10.6 Å². The number of nitrogens with one attached hydrogen (secondary N) is 2. The maximum atomic E-state index is 12.3. The number of carbonyl (C=O) groups excluding carboxylic acids is 3. The van der Waals surface area contributed by atoms with Crippen LogP contribution in [-0.2, 0) is 20.7 Å². The van der Waals surface area contributed by atoms with Gasteiger partial charge in [0.15, 0.2) is 6.10 Å². The third kappa shape index (κ3) is 6.87. The summed E-state index contributed by atoms with van der Waals surface area (Å²) in [6.07, 6.45) is 0.750. The maximum absolute atomic E-state index is 12.3. The lowest BCUT2D eigenvalue weighted by Crippen LogP contribution is -2.41. The van der Waals surface area contributed by atoms with Gasteiger partial charge < -0.3 is 15.4 Å². The third-order valence-electron chi connectivity index (χ3n) is 4.19. The Morgan fingerprint density at radius 1 is 0.964 bits per heavy atom. The summed E-state index contributed by atoms with van der Waals surface area (Å²) >= 11 is 0. The van der Waals surface area contributed by atoms with Gasteiger partial charge in [-0.25, -0.2) is 4.79 Å². The number of esters is 1. The van der Waals surface area contributed by atoms with Crippen LogP contribution in [0.5, 0.6) is 0 Å². The van der Waals surface area contributed by atoms with Gasteiger partial charge in [-0.05, 0) is 56.5 Å². The molecule has 0 spiro atoms. The van der Waals surface area contributed by atoms with Crippen LogP contribution in [0.2, 0.25) is 0 Å². The molecule has 2 amide bonds. The van der Waals surface area contributed by atoms with Crippen molar-refractivity contribution in [3.05, 3.63) is 65.7 Å². The molecule has 0 aliphatic carbocycles. The highest BCUT2D eigenvalue weighted by molar-refractivity contribution is 5.93. The minimum absolute atomic E-state index is 0.0363. The third-order valence-corrected chi connectivity index (χ3v) is 4.19. The molecule has 0 aliphatic rings. The van der Waals surface area contributed by atoms with Gasteiger partial charge in [0.25, 0.3) is 5.91 Å². The van der Waals surface area contributed by atoms with Gasteiger partial charge in [0, 0.05) is 18.7 Å². The van der Waals surface area contributed by atoms with E-state index in [0.717, 1.165) is 12.8 Å². The van der Waals surface area contributed by atoms with Gasteiger partial charge in [-0.3, -0.25) is 9.59 Å². The molecule has 2 rings (SSSR count). The zero-order valence-electron chi connectivity index (χ0n) is 16.4. The molecule has 6 heteroatoms. The predicted octanol–water partition coefficient (Wildman–Crippen LogP) is 3.33. The fourth-order valence-electron chi connectivity index (χ4n) is 2.64. The van der Waals surface area contributed by atoms with Gasteiger partial charge in [0.1, 0.15) is 0 Å². The molecule has 2 N–H and O–H groups in total. The monoisotopic (exact) mass is 382 g/mol.